The number of fused-ring (bicyclic) bond motifs is 1. The average Bonchev–Trinajstić information content (AvgIpc) is 2.80. The van der Waals surface area contributed by atoms with E-state index >= 15 is 0 Å². The Hall–Kier alpha value is -0.650. The fourth-order valence-corrected chi connectivity index (χ4v) is 3.32. The molecule has 0 spiro atoms. The van der Waals surface area contributed by atoms with E-state index in [1.807, 2.05) is 6.92 Å². The van der Waals surface area contributed by atoms with Crippen LogP contribution in [0.25, 0.3) is 0 Å². The van der Waals surface area contributed by atoms with E-state index in [1.165, 1.54) is 19.4 Å². The van der Waals surface area contributed by atoms with Gasteiger partial charge in [0.05, 0.1) is 0 Å². The molecule has 0 bridgehead atoms. The van der Waals surface area contributed by atoms with Crippen LogP contribution in [0.1, 0.15) is 33.1 Å². The molecule has 110 valence electrons. The van der Waals surface area contributed by atoms with E-state index in [4.69, 9.17) is 9.84 Å². The van der Waals surface area contributed by atoms with Gasteiger partial charge in [-0.3, -0.25) is 9.80 Å². The molecule has 0 saturated carbocycles. The Kier molecular flexibility index (Phi) is 5.19. The molecule has 1 N–H and O–H groups in total. The molecule has 3 unspecified atom stereocenters. The van der Waals surface area contributed by atoms with Crippen molar-refractivity contribution in [2.24, 2.45) is 0 Å². The van der Waals surface area contributed by atoms with Crippen LogP contribution in [-0.4, -0.2) is 71.8 Å². The summed E-state index contributed by atoms with van der Waals surface area (Å²) in [5.41, 5.74) is 0. The van der Waals surface area contributed by atoms with Gasteiger partial charge in [-0.2, -0.15) is 0 Å². The van der Waals surface area contributed by atoms with Gasteiger partial charge in [0.2, 0.25) is 0 Å². The number of nitrogens with zero attached hydrogens (tertiary/aromatic N) is 2. The second-order valence-corrected chi connectivity index (χ2v) is 5.71. The van der Waals surface area contributed by atoms with Gasteiger partial charge in [0, 0.05) is 38.3 Å². The highest BCUT2D eigenvalue weighted by Crippen LogP contribution is 2.24. The van der Waals surface area contributed by atoms with Crippen molar-refractivity contribution < 1.29 is 14.6 Å². The Morgan fingerprint density at radius 1 is 1.47 bits per heavy atom. The van der Waals surface area contributed by atoms with Crippen LogP contribution in [0.4, 0.5) is 0 Å². The molecule has 3 atom stereocenters. The maximum absolute atomic E-state index is 11.1. The smallest absolute Gasteiger partial charge is 0.332 e. The lowest BCUT2D eigenvalue weighted by molar-refractivity contribution is -0.150. The SMILES string of the molecule is CCOC(CCN1CC2CCCN2CC1C)C(=O)O. The van der Waals surface area contributed by atoms with Gasteiger partial charge in [0.15, 0.2) is 6.10 Å². The van der Waals surface area contributed by atoms with Crippen molar-refractivity contribution in [3.63, 3.8) is 0 Å². The highest BCUT2D eigenvalue weighted by atomic mass is 16.5. The van der Waals surface area contributed by atoms with E-state index < -0.39 is 12.1 Å². The number of hydrogen-bond donors (Lipinski definition) is 1. The van der Waals surface area contributed by atoms with Crippen LogP contribution >= 0.6 is 0 Å². The number of rotatable bonds is 6. The molecule has 0 aromatic heterocycles. The van der Waals surface area contributed by atoms with Gasteiger partial charge in [-0.05, 0) is 39.7 Å². The summed E-state index contributed by atoms with van der Waals surface area (Å²) in [4.78, 5) is 16.1. The zero-order valence-corrected chi connectivity index (χ0v) is 12.0. The number of piperazine rings is 1. The van der Waals surface area contributed by atoms with Crippen LogP contribution in [-0.2, 0) is 9.53 Å². The number of carboxylic acids is 1. The second-order valence-electron chi connectivity index (χ2n) is 5.71. The van der Waals surface area contributed by atoms with Gasteiger partial charge in [-0.1, -0.05) is 0 Å². The Balaban J connectivity index is 1.82. The molecule has 5 nitrogen and oxygen atoms in total. The number of hydrogen-bond acceptors (Lipinski definition) is 4. The maximum Gasteiger partial charge on any atom is 0.332 e. The lowest BCUT2D eigenvalue weighted by Gasteiger charge is -2.42. The summed E-state index contributed by atoms with van der Waals surface area (Å²) >= 11 is 0. The Bertz CT molecular complexity index is 311. The van der Waals surface area contributed by atoms with E-state index in [0.717, 1.165) is 19.6 Å². The fourth-order valence-electron chi connectivity index (χ4n) is 3.32. The van der Waals surface area contributed by atoms with Gasteiger partial charge >= 0.3 is 5.97 Å². The van der Waals surface area contributed by atoms with Crippen molar-refractivity contribution in [3.8, 4) is 0 Å². The van der Waals surface area contributed by atoms with Crippen molar-refractivity contribution in [1.29, 1.82) is 0 Å². The van der Waals surface area contributed by atoms with Crippen LogP contribution in [0.3, 0.4) is 0 Å². The Labute approximate surface area is 115 Å². The van der Waals surface area contributed by atoms with Crippen molar-refractivity contribution in [3.05, 3.63) is 0 Å². The third-order valence-electron chi connectivity index (χ3n) is 4.39. The molecule has 0 amide bonds. The van der Waals surface area contributed by atoms with Crippen LogP contribution in [0.2, 0.25) is 0 Å². The zero-order chi connectivity index (χ0) is 13.8. The normalized spacial score (nSPS) is 30.2. The average molecular weight is 270 g/mol. The molecule has 2 saturated heterocycles. The van der Waals surface area contributed by atoms with Gasteiger partial charge < -0.3 is 9.84 Å². The number of ether oxygens (including phenoxy) is 1. The van der Waals surface area contributed by atoms with Gasteiger partial charge in [0.1, 0.15) is 0 Å². The third kappa shape index (κ3) is 3.68. The maximum atomic E-state index is 11.1. The number of aliphatic carboxylic acids is 1. The van der Waals surface area contributed by atoms with E-state index in [1.54, 1.807) is 0 Å². The highest BCUT2D eigenvalue weighted by Gasteiger charge is 2.34. The summed E-state index contributed by atoms with van der Waals surface area (Å²) < 4.78 is 5.28. The minimum absolute atomic E-state index is 0.461. The molecule has 2 aliphatic rings. The van der Waals surface area contributed by atoms with Gasteiger partial charge in [0.25, 0.3) is 0 Å². The first-order valence-electron chi connectivity index (χ1n) is 7.44. The number of carboxylic acid groups (broad SMARTS) is 1. The van der Waals surface area contributed by atoms with Crippen LogP contribution in [0.15, 0.2) is 0 Å². The lowest BCUT2D eigenvalue weighted by atomic mass is 10.1. The lowest BCUT2D eigenvalue weighted by Crippen LogP contribution is -2.55. The first kappa shape index (κ1) is 14.8. The summed E-state index contributed by atoms with van der Waals surface area (Å²) in [7, 11) is 0. The molecule has 0 radical (unpaired) electrons. The predicted molar refractivity (Wildman–Crippen MR) is 73.3 cm³/mol. The summed E-state index contributed by atoms with van der Waals surface area (Å²) in [6, 6.07) is 1.21. The minimum Gasteiger partial charge on any atom is -0.479 e. The molecule has 2 aliphatic heterocycles. The summed E-state index contributed by atoms with van der Waals surface area (Å²) in [5, 5.41) is 9.10. The van der Waals surface area contributed by atoms with Crippen LogP contribution < -0.4 is 0 Å². The predicted octanol–water partition coefficient (Wildman–Crippen LogP) is 1.03. The summed E-state index contributed by atoms with van der Waals surface area (Å²) in [5.74, 6) is -0.839. The molecule has 2 fully saturated rings. The molecule has 5 heteroatoms. The molecule has 0 aromatic rings. The van der Waals surface area contributed by atoms with Crippen LogP contribution in [0, 0.1) is 0 Å². The van der Waals surface area contributed by atoms with Gasteiger partial charge in [-0.15, -0.1) is 0 Å². The van der Waals surface area contributed by atoms with Gasteiger partial charge in [-0.25, -0.2) is 4.79 Å². The minimum atomic E-state index is -0.839. The molecule has 0 aromatic carbocycles. The van der Waals surface area contributed by atoms with E-state index in [9.17, 15) is 4.79 Å². The zero-order valence-electron chi connectivity index (χ0n) is 12.0. The van der Waals surface area contributed by atoms with Crippen molar-refractivity contribution in [1.82, 2.24) is 9.80 Å². The third-order valence-corrected chi connectivity index (χ3v) is 4.39. The monoisotopic (exact) mass is 270 g/mol. The summed E-state index contributed by atoms with van der Waals surface area (Å²) in [6.45, 7) is 8.81. The summed E-state index contributed by atoms with van der Waals surface area (Å²) in [6.07, 6.45) is 2.53. The molecule has 0 aliphatic carbocycles. The molecule has 2 rings (SSSR count). The Morgan fingerprint density at radius 2 is 2.26 bits per heavy atom. The van der Waals surface area contributed by atoms with E-state index in [2.05, 4.69) is 16.7 Å². The molecular formula is C14H26N2O3. The quantitative estimate of drug-likeness (QED) is 0.781. The van der Waals surface area contributed by atoms with E-state index in [0.29, 0.717) is 25.1 Å². The fraction of sp³-hybridized carbons (Fsp3) is 0.929. The number of carbonyl (C=O) groups is 1. The Morgan fingerprint density at radius 3 is 2.95 bits per heavy atom. The van der Waals surface area contributed by atoms with Crippen molar-refractivity contribution in [2.45, 2.75) is 51.3 Å². The van der Waals surface area contributed by atoms with Crippen molar-refractivity contribution >= 4 is 5.97 Å². The largest absolute Gasteiger partial charge is 0.479 e. The molecular weight excluding hydrogens is 244 g/mol. The molecule has 19 heavy (non-hydrogen) atoms. The second kappa shape index (κ2) is 6.68. The topological polar surface area (TPSA) is 53.0 Å². The van der Waals surface area contributed by atoms with Crippen LogP contribution in [0.5, 0.6) is 0 Å². The highest BCUT2D eigenvalue weighted by molar-refractivity contribution is 5.72. The van der Waals surface area contributed by atoms with Crippen molar-refractivity contribution in [2.75, 3.05) is 32.8 Å². The molecule has 2 heterocycles. The first-order valence-corrected chi connectivity index (χ1v) is 7.44. The van der Waals surface area contributed by atoms with E-state index in [-0.39, 0.29) is 0 Å². The standard InChI is InChI=1S/C14H26N2O3/c1-3-19-13(14(17)18)6-8-15-10-12-5-4-7-16(12)9-11(15)2/h11-13H,3-10H2,1-2H3,(H,17,18). The first-order chi connectivity index (χ1) is 9.11.